The quantitative estimate of drug-likeness (QED) is 0.541. The van der Waals surface area contributed by atoms with Gasteiger partial charge in [0, 0.05) is 0 Å². The van der Waals surface area contributed by atoms with Gasteiger partial charge in [0.05, 0.1) is 0 Å². The van der Waals surface area contributed by atoms with Crippen LogP contribution in [0, 0.1) is 12.3 Å². The Balaban J connectivity index is 2.39. The van der Waals surface area contributed by atoms with E-state index in [-0.39, 0.29) is 0 Å². The molecule has 0 bridgehead atoms. The van der Waals surface area contributed by atoms with Crippen LogP contribution >= 0.6 is 12.2 Å². The lowest BCUT2D eigenvalue weighted by Crippen LogP contribution is -2.13. The summed E-state index contributed by atoms with van der Waals surface area (Å²) in [6.07, 6.45) is 10.2. The topological polar surface area (TPSA) is 0 Å². The number of hydrogen-bond acceptors (Lipinski definition) is 1. The van der Waals surface area contributed by atoms with E-state index in [1.807, 2.05) is 0 Å². The van der Waals surface area contributed by atoms with E-state index < -0.39 is 0 Å². The summed E-state index contributed by atoms with van der Waals surface area (Å²) in [5.41, 5.74) is 0. The highest BCUT2D eigenvalue weighted by molar-refractivity contribution is 7.80. The summed E-state index contributed by atoms with van der Waals surface area (Å²) in [5.74, 6) is 0.644. The Morgan fingerprint density at radius 3 is 2.73 bits per heavy atom. The third-order valence-electron chi connectivity index (χ3n) is 2.50. The maximum atomic E-state index is 5.34. The van der Waals surface area contributed by atoms with Crippen molar-refractivity contribution < 1.29 is 0 Å². The summed E-state index contributed by atoms with van der Waals surface area (Å²) in [7, 11) is 0. The molecule has 0 amide bonds. The maximum absolute atomic E-state index is 5.34. The molecule has 1 atom stereocenters. The van der Waals surface area contributed by atoms with Crippen LogP contribution < -0.4 is 0 Å². The summed E-state index contributed by atoms with van der Waals surface area (Å²) in [4.78, 5) is 1.30. The van der Waals surface area contributed by atoms with E-state index in [0.29, 0.717) is 5.92 Å². The van der Waals surface area contributed by atoms with E-state index in [4.69, 9.17) is 12.2 Å². The zero-order valence-corrected chi connectivity index (χ0v) is 8.12. The van der Waals surface area contributed by atoms with Gasteiger partial charge in [-0.25, -0.2) is 0 Å². The van der Waals surface area contributed by atoms with Crippen molar-refractivity contribution >= 4 is 17.1 Å². The Kier molecular flexibility index (Phi) is 4.06. The van der Waals surface area contributed by atoms with Crippen molar-refractivity contribution in [1.82, 2.24) is 0 Å². The Labute approximate surface area is 75.4 Å². The van der Waals surface area contributed by atoms with E-state index in [1.54, 1.807) is 0 Å². The molecular formula is C10H17S. The molecule has 0 aromatic rings. The predicted octanol–water partition coefficient (Wildman–Crippen LogP) is 3.55. The molecule has 1 fully saturated rings. The molecule has 0 heterocycles. The molecule has 0 N–H and O–H groups in total. The van der Waals surface area contributed by atoms with Gasteiger partial charge in [-0.05, 0) is 36.5 Å². The standard InChI is InChI=1S/C10H17S/c1-2-9-7-5-3-4-6-8-10(9)11/h2,9H,3-8H2,1H3. The van der Waals surface area contributed by atoms with Crippen molar-refractivity contribution in [2.24, 2.45) is 5.92 Å². The summed E-state index contributed by atoms with van der Waals surface area (Å²) >= 11 is 5.34. The normalized spacial score (nSPS) is 27.7. The lowest BCUT2D eigenvalue weighted by molar-refractivity contribution is 0.555. The SMILES string of the molecule is C[CH]C1CCCCCCC1=S. The molecule has 1 radical (unpaired) electrons. The molecule has 0 aromatic carbocycles. The minimum absolute atomic E-state index is 0.644. The van der Waals surface area contributed by atoms with Gasteiger partial charge < -0.3 is 0 Å². The molecule has 11 heavy (non-hydrogen) atoms. The molecule has 1 rings (SSSR count). The second-order valence-corrected chi connectivity index (χ2v) is 3.88. The zero-order valence-electron chi connectivity index (χ0n) is 7.31. The van der Waals surface area contributed by atoms with E-state index in [2.05, 4.69) is 13.3 Å². The Morgan fingerprint density at radius 2 is 2.00 bits per heavy atom. The Hall–Kier alpha value is 0.0900. The van der Waals surface area contributed by atoms with Crippen molar-refractivity contribution in [3.05, 3.63) is 6.42 Å². The Morgan fingerprint density at radius 1 is 1.27 bits per heavy atom. The smallest absolute Gasteiger partial charge is 0.00378 e. The predicted molar refractivity (Wildman–Crippen MR) is 53.8 cm³/mol. The molecule has 0 aliphatic heterocycles. The van der Waals surface area contributed by atoms with Crippen LogP contribution in [0.1, 0.15) is 45.4 Å². The van der Waals surface area contributed by atoms with Gasteiger partial charge in [-0.1, -0.05) is 38.4 Å². The highest BCUT2D eigenvalue weighted by Crippen LogP contribution is 2.22. The molecule has 1 aliphatic carbocycles. The maximum Gasteiger partial charge on any atom is -0.00378 e. The van der Waals surface area contributed by atoms with Crippen LogP contribution in [0.15, 0.2) is 0 Å². The Bertz CT molecular complexity index is 129. The summed E-state index contributed by atoms with van der Waals surface area (Å²) in [6.45, 7) is 2.14. The number of thiocarbonyl (C=S) groups is 1. The van der Waals surface area contributed by atoms with Crippen molar-refractivity contribution in [3.8, 4) is 0 Å². The highest BCUT2D eigenvalue weighted by atomic mass is 32.1. The van der Waals surface area contributed by atoms with Crippen LogP contribution in [0.4, 0.5) is 0 Å². The van der Waals surface area contributed by atoms with Crippen LogP contribution in [0.5, 0.6) is 0 Å². The second kappa shape index (κ2) is 4.87. The van der Waals surface area contributed by atoms with Gasteiger partial charge in [0.2, 0.25) is 0 Å². The first-order chi connectivity index (χ1) is 5.34. The fraction of sp³-hybridized carbons (Fsp3) is 0.800. The molecule has 1 heteroatoms. The van der Waals surface area contributed by atoms with E-state index in [1.165, 1.54) is 43.4 Å². The van der Waals surface area contributed by atoms with Gasteiger partial charge in [0.1, 0.15) is 0 Å². The first kappa shape index (κ1) is 9.18. The molecule has 63 valence electrons. The van der Waals surface area contributed by atoms with E-state index >= 15 is 0 Å². The first-order valence-electron chi connectivity index (χ1n) is 4.67. The molecular weight excluding hydrogens is 152 g/mol. The minimum Gasteiger partial charge on any atom is -0.0894 e. The van der Waals surface area contributed by atoms with Crippen LogP contribution in [0.25, 0.3) is 0 Å². The summed E-state index contributed by atoms with van der Waals surface area (Å²) in [6, 6.07) is 0. The average Bonchev–Trinajstić information content (AvgIpc) is 1.98. The summed E-state index contributed by atoms with van der Waals surface area (Å²) in [5, 5.41) is 0. The van der Waals surface area contributed by atoms with Gasteiger partial charge in [-0.2, -0.15) is 0 Å². The monoisotopic (exact) mass is 169 g/mol. The minimum atomic E-state index is 0.644. The van der Waals surface area contributed by atoms with Crippen molar-refractivity contribution in [3.63, 3.8) is 0 Å². The molecule has 0 nitrogen and oxygen atoms in total. The van der Waals surface area contributed by atoms with Gasteiger partial charge >= 0.3 is 0 Å². The third kappa shape index (κ3) is 2.90. The van der Waals surface area contributed by atoms with Crippen molar-refractivity contribution in [1.29, 1.82) is 0 Å². The molecule has 0 aromatic heterocycles. The van der Waals surface area contributed by atoms with E-state index in [9.17, 15) is 0 Å². The molecule has 0 spiro atoms. The van der Waals surface area contributed by atoms with Gasteiger partial charge in [-0.3, -0.25) is 0 Å². The van der Waals surface area contributed by atoms with Crippen molar-refractivity contribution in [2.45, 2.75) is 45.4 Å². The first-order valence-corrected chi connectivity index (χ1v) is 5.07. The molecule has 0 saturated heterocycles. The second-order valence-electron chi connectivity index (χ2n) is 3.36. The zero-order chi connectivity index (χ0) is 8.10. The fourth-order valence-electron chi connectivity index (χ4n) is 1.72. The highest BCUT2D eigenvalue weighted by Gasteiger charge is 2.13. The van der Waals surface area contributed by atoms with Crippen LogP contribution in [0.3, 0.4) is 0 Å². The molecule has 1 saturated carbocycles. The van der Waals surface area contributed by atoms with Gasteiger partial charge in [0.25, 0.3) is 0 Å². The van der Waals surface area contributed by atoms with Crippen LogP contribution in [-0.4, -0.2) is 4.86 Å². The van der Waals surface area contributed by atoms with Crippen LogP contribution in [-0.2, 0) is 0 Å². The summed E-state index contributed by atoms with van der Waals surface area (Å²) < 4.78 is 0. The van der Waals surface area contributed by atoms with Gasteiger partial charge in [-0.15, -0.1) is 0 Å². The molecule has 1 aliphatic rings. The van der Waals surface area contributed by atoms with Crippen molar-refractivity contribution in [2.75, 3.05) is 0 Å². The molecule has 1 unspecified atom stereocenters. The lowest BCUT2D eigenvalue weighted by atomic mass is 9.89. The third-order valence-corrected chi connectivity index (χ3v) is 3.01. The number of rotatable bonds is 1. The fourth-order valence-corrected chi connectivity index (χ4v) is 2.11. The average molecular weight is 169 g/mol. The van der Waals surface area contributed by atoms with Gasteiger partial charge in [0.15, 0.2) is 0 Å². The largest absolute Gasteiger partial charge is 0.0894 e. The van der Waals surface area contributed by atoms with E-state index in [0.717, 1.165) is 0 Å². The number of hydrogen-bond donors (Lipinski definition) is 0. The lowest BCUT2D eigenvalue weighted by Gasteiger charge is -2.18. The van der Waals surface area contributed by atoms with Crippen LogP contribution in [0.2, 0.25) is 0 Å².